The second kappa shape index (κ2) is 19.2. The highest BCUT2D eigenvalue weighted by Crippen LogP contribution is 2.35. The number of ether oxygens (including phenoxy) is 1. The molecule has 15 heteroatoms. The van der Waals surface area contributed by atoms with E-state index in [9.17, 15) is 29.1 Å². The van der Waals surface area contributed by atoms with E-state index in [1.165, 1.54) is 18.3 Å². The number of likely N-dealkylation sites (tertiary alicyclic amines) is 1. The smallest absolute Gasteiger partial charge is 0.306 e. The van der Waals surface area contributed by atoms with Crippen molar-refractivity contribution in [2.75, 3.05) is 20.6 Å². The van der Waals surface area contributed by atoms with Crippen LogP contribution in [0.25, 0.3) is 0 Å². The maximum absolute atomic E-state index is 14.1. The number of thiazole rings is 1. The Kier molecular flexibility index (Phi) is 15.1. The molecule has 3 amide bonds. The first-order valence-corrected chi connectivity index (χ1v) is 19.3. The molecule has 1 saturated carbocycles. The fourth-order valence-electron chi connectivity index (χ4n) is 6.83. The summed E-state index contributed by atoms with van der Waals surface area (Å²) >= 11 is 1.18. The standard InChI is InChI=1S/C37H55N7O7S/c1-22(2)30(44(6)36(48)27(19-25-11-12-25)41-34(47)29-10-7-8-17-43(29)5)20-31(51-24(4)45)35-42-28(21-52-35)33(46)40-26(18-23(3)37(49)50)13-14-32-38-15-9-16-39-32/h9,15-16,21-23,25-27,29-31H,7-8,10-14,17-20H2,1-6H3,(H,40,46)(H,41,47)(H,49,50)/t23-,26-,27-,29+,30+,31+/m0/s1. The molecule has 4 rings (SSSR count). The number of carboxylic acid groups (broad SMARTS) is 1. The molecule has 2 aromatic rings. The molecule has 3 heterocycles. The number of nitrogens with zero attached hydrogens (tertiary/aromatic N) is 5. The summed E-state index contributed by atoms with van der Waals surface area (Å²) in [6.07, 6.45) is 9.19. The molecule has 2 fully saturated rings. The fourth-order valence-corrected chi connectivity index (χ4v) is 7.67. The Morgan fingerprint density at radius 3 is 2.38 bits per heavy atom. The van der Waals surface area contributed by atoms with Gasteiger partial charge in [0.2, 0.25) is 11.8 Å². The average Bonchev–Trinajstić information content (AvgIpc) is 3.79. The topological polar surface area (TPSA) is 184 Å². The Morgan fingerprint density at radius 1 is 1.06 bits per heavy atom. The van der Waals surface area contributed by atoms with Crippen molar-refractivity contribution in [1.29, 1.82) is 0 Å². The van der Waals surface area contributed by atoms with E-state index in [-0.39, 0.29) is 48.4 Å². The van der Waals surface area contributed by atoms with E-state index in [0.29, 0.717) is 36.0 Å². The van der Waals surface area contributed by atoms with Gasteiger partial charge in [0.1, 0.15) is 22.6 Å². The zero-order valence-electron chi connectivity index (χ0n) is 31.2. The van der Waals surface area contributed by atoms with Crippen molar-refractivity contribution >= 4 is 41.0 Å². The summed E-state index contributed by atoms with van der Waals surface area (Å²) < 4.78 is 5.76. The molecule has 1 aliphatic carbocycles. The van der Waals surface area contributed by atoms with Gasteiger partial charge in [-0.1, -0.05) is 40.0 Å². The molecule has 3 N–H and O–H groups in total. The van der Waals surface area contributed by atoms with Crippen molar-refractivity contribution in [1.82, 2.24) is 35.4 Å². The van der Waals surface area contributed by atoms with Gasteiger partial charge in [0.25, 0.3) is 5.91 Å². The summed E-state index contributed by atoms with van der Waals surface area (Å²) in [5.74, 6) is -2.00. The van der Waals surface area contributed by atoms with Crippen LogP contribution >= 0.6 is 11.3 Å². The van der Waals surface area contributed by atoms with Crippen LogP contribution < -0.4 is 10.6 Å². The van der Waals surface area contributed by atoms with Crippen LogP contribution in [-0.2, 0) is 30.3 Å². The monoisotopic (exact) mass is 741 g/mol. The zero-order chi connectivity index (χ0) is 37.9. The van der Waals surface area contributed by atoms with Crippen LogP contribution in [0.15, 0.2) is 23.8 Å². The van der Waals surface area contributed by atoms with E-state index in [2.05, 4.69) is 30.5 Å². The van der Waals surface area contributed by atoms with Crippen LogP contribution in [0.2, 0.25) is 0 Å². The fraction of sp³-hybridized carbons (Fsp3) is 0.676. The highest BCUT2D eigenvalue weighted by atomic mass is 32.1. The molecule has 286 valence electrons. The quantitative estimate of drug-likeness (QED) is 0.177. The van der Waals surface area contributed by atoms with Gasteiger partial charge in [-0.3, -0.25) is 28.9 Å². The number of aromatic nitrogens is 3. The molecule has 0 aromatic carbocycles. The molecule has 0 spiro atoms. The van der Waals surface area contributed by atoms with Gasteiger partial charge in [-0.2, -0.15) is 0 Å². The molecule has 1 aliphatic heterocycles. The third-order valence-electron chi connectivity index (χ3n) is 10.1. The van der Waals surface area contributed by atoms with Gasteiger partial charge in [-0.05, 0) is 63.6 Å². The predicted octanol–water partition coefficient (Wildman–Crippen LogP) is 4.02. The number of aliphatic carboxylic acids is 1. The van der Waals surface area contributed by atoms with E-state index in [0.717, 1.165) is 38.6 Å². The van der Waals surface area contributed by atoms with Crippen LogP contribution in [0.4, 0.5) is 0 Å². The minimum atomic E-state index is -0.961. The SMILES string of the molecule is CC(=O)O[C@H](C[C@H](C(C)C)N(C)C(=O)[C@H](CC1CC1)NC(=O)[C@H]1CCCCN1C)c1nc(C(=O)N[C@@H](CCc2ncccn2)C[C@H](C)C(=O)O)cs1. The Bertz CT molecular complexity index is 1520. The number of aryl methyl sites for hydroxylation is 1. The number of carbonyl (C=O) groups excluding carboxylic acids is 4. The van der Waals surface area contributed by atoms with Gasteiger partial charge in [0.05, 0.1) is 12.0 Å². The number of carboxylic acids is 1. The molecule has 2 aliphatic rings. The van der Waals surface area contributed by atoms with Crippen LogP contribution in [0.5, 0.6) is 0 Å². The number of carbonyl (C=O) groups is 5. The number of esters is 1. The summed E-state index contributed by atoms with van der Waals surface area (Å²) in [5, 5.41) is 17.6. The number of amides is 3. The number of hydrogen-bond acceptors (Lipinski definition) is 11. The van der Waals surface area contributed by atoms with E-state index >= 15 is 0 Å². The molecule has 1 saturated heterocycles. The van der Waals surface area contributed by atoms with Gasteiger partial charge in [-0.15, -0.1) is 11.3 Å². The van der Waals surface area contributed by atoms with E-state index < -0.39 is 42.0 Å². The summed E-state index contributed by atoms with van der Waals surface area (Å²) in [7, 11) is 3.68. The van der Waals surface area contributed by atoms with Crippen LogP contribution in [0, 0.1) is 17.8 Å². The summed E-state index contributed by atoms with van der Waals surface area (Å²) in [6.45, 7) is 7.73. The Labute approximate surface area is 310 Å². The largest absolute Gasteiger partial charge is 0.481 e. The Morgan fingerprint density at radius 2 is 1.77 bits per heavy atom. The predicted molar refractivity (Wildman–Crippen MR) is 195 cm³/mol. The molecular weight excluding hydrogens is 687 g/mol. The number of rotatable bonds is 19. The van der Waals surface area contributed by atoms with Crippen molar-refractivity contribution in [2.45, 2.75) is 122 Å². The molecule has 0 bridgehead atoms. The van der Waals surface area contributed by atoms with E-state index in [1.807, 2.05) is 20.9 Å². The maximum Gasteiger partial charge on any atom is 0.306 e. The first kappa shape index (κ1) is 40.8. The lowest BCUT2D eigenvalue weighted by Crippen LogP contribution is -2.56. The second-order valence-corrected chi connectivity index (χ2v) is 15.6. The summed E-state index contributed by atoms with van der Waals surface area (Å²) in [6, 6.07) is -0.0667. The second-order valence-electron chi connectivity index (χ2n) is 14.7. The lowest BCUT2D eigenvalue weighted by atomic mass is 9.95. The van der Waals surface area contributed by atoms with Crippen molar-refractivity contribution in [3.05, 3.63) is 40.4 Å². The number of piperidine rings is 1. The van der Waals surface area contributed by atoms with E-state index in [4.69, 9.17) is 4.74 Å². The van der Waals surface area contributed by atoms with Gasteiger partial charge >= 0.3 is 11.9 Å². The third kappa shape index (κ3) is 12.0. The normalized spacial score (nSPS) is 19.2. The lowest BCUT2D eigenvalue weighted by molar-refractivity contribution is -0.149. The minimum Gasteiger partial charge on any atom is -0.481 e. The van der Waals surface area contributed by atoms with Crippen LogP contribution in [0.1, 0.15) is 113 Å². The molecule has 14 nitrogen and oxygen atoms in total. The molecule has 2 aromatic heterocycles. The summed E-state index contributed by atoms with van der Waals surface area (Å²) in [4.78, 5) is 81.7. The van der Waals surface area contributed by atoms with Gasteiger partial charge in [-0.25, -0.2) is 15.0 Å². The third-order valence-corrected chi connectivity index (χ3v) is 11.0. The number of hydrogen-bond donors (Lipinski definition) is 3. The van der Waals surface area contributed by atoms with Gasteiger partial charge in [0, 0.05) is 56.7 Å². The number of nitrogens with one attached hydrogen (secondary N) is 2. The summed E-state index contributed by atoms with van der Waals surface area (Å²) in [5.41, 5.74) is 0.117. The van der Waals surface area contributed by atoms with Crippen molar-refractivity contribution in [2.24, 2.45) is 17.8 Å². The minimum absolute atomic E-state index is 0.0397. The molecular formula is C37H55N7O7S. The first-order chi connectivity index (χ1) is 24.7. The lowest BCUT2D eigenvalue weighted by Gasteiger charge is -2.37. The van der Waals surface area contributed by atoms with Crippen LogP contribution in [-0.4, -0.2) is 104 Å². The van der Waals surface area contributed by atoms with Gasteiger partial charge < -0.3 is 25.4 Å². The number of likely N-dealkylation sites (N-methyl/N-ethyl adjacent to an activating group) is 2. The molecule has 6 atom stereocenters. The van der Waals surface area contributed by atoms with Crippen molar-refractivity contribution in [3.63, 3.8) is 0 Å². The highest BCUT2D eigenvalue weighted by molar-refractivity contribution is 7.09. The first-order valence-electron chi connectivity index (χ1n) is 18.4. The highest BCUT2D eigenvalue weighted by Gasteiger charge is 2.38. The molecule has 52 heavy (non-hydrogen) atoms. The van der Waals surface area contributed by atoms with Gasteiger partial charge in [0.15, 0.2) is 6.10 Å². The molecule has 0 unspecified atom stereocenters. The van der Waals surface area contributed by atoms with Crippen molar-refractivity contribution < 1.29 is 33.8 Å². The zero-order valence-corrected chi connectivity index (χ0v) is 32.1. The molecule has 0 radical (unpaired) electrons. The maximum atomic E-state index is 14.1. The van der Waals surface area contributed by atoms with Crippen molar-refractivity contribution in [3.8, 4) is 0 Å². The van der Waals surface area contributed by atoms with Crippen LogP contribution in [0.3, 0.4) is 0 Å². The Balaban J connectivity index is 1.48. The Hall–Kier alpha value is -3.98. The average molecular weight is 742 g/mol. The van der Waals surface area contributed by atoms with E-state index in [1.54, 1.807) is 42.7 Å².